The zero-order valence-corrected chi connectivity index (χ0v) is 8.43. The molecule has 16 heavy (non-hydrogen) atoms. The van der Waals surface area contributed by atoms with E-state index in [4.69, 9.17) is 10.8 Å². The molecule has 1 atom stereocenters. The fourth-order valence-corrected chi connectivity index (χ4v) is 1.69. The van der Waals surface area contributed by atoms with Gasteiger partial charge in [-0.15, -0.1) is 0 Å². The molecule has 0 aromatic carbocycles. The SMILES string of the molecule is NC(=O)C1Cc2nc(C(=O)O)ccc2CN1. The lowest BCUT2D eigenvalue weighted by atomic mass is 10.0. The largest absolute Gasteiger partial charge is 0.477 e. The Morgan fingerprint density at radius 1 is 1.50 bits per heavy atom. The Hall–Kier alpha value is -1.95. The van der Waals surface area contributed by atoms with Crippen LogP contribution >= 0.6 is 0 Å². The van der Waals surface area contributed by atoms with Crippen LogP contribution in [0.5, 0.6) is 0 Å². The van der Waals surface area contributed by atoms with Crippen molar-refractivity contribution in [3.63, 3.8) is 0 Å². The Morgan fingerprint density at radius 2 is 2.25 bits per heavy atom. The number of fused-ring (bicyclic) bond motifs is 1. The molecule has 0 saturated carbocycles. The lowest BCUT2D eigenvalue weighted by Crippen LogP contribution is -2.45. The Kier molecular flexibility index (Phi) is 2.57. The van der Waals surface area contributed by atoms with Crippen molar-refractivity contribution in [1.82, 2.24) is 10.3 Å². The molecule has 0 aliphatic carbocycles. The predicted molar refractivity (Wildman–Crippen MR) is 54.7 cm³/mol. The second-order valence-corrected chi connectivity index (χ2v) is 3.65. The predicted octanol–water partition coefficient (Wildman–Crippen LogP) is -0.721. The van der Waals surface area contributed by atoms with Crippen molar-refractivity contribution >= 4 is 11.9 Å². The summed E-state index contributed by atoms with van der Waals surface area (Å²) in [5.41, 5.74) is 6.70. The van der Waals surface area contributed by atoms with Crippen molar-refractivity contribution in [1.29, 1.82) is 0 Å². The number of nitrogens with zero attached hydrogens (tertiary/aromatic N) is 1. The number of nitrogens with one attached hydrogen (secondary N) is 1. The van der Waals surface area contributed by atoms with Gasteiger partial charge in [-0.3, -0.25) is 4.79 Å². The smallest absolute Gasteiger partial charge is 0.354 e. The highest BCUT2D eigenvalue weighted by atomic mass is 16.4. The summed E-state index contributed by atoms with van der Waals surface area (Å²) in [4.78, 5) is 25.7. The number of pyridine rings is 1. The third kappa shape index (κ3) is 1.87. The molecular weight excluding hydrogens is 210 g/mol. The zero-order valence-electron chi connectivity index (χ0n) is 8.43. The number of carbonyl (C=O) groups excluding carboxylic acids is 1. The van der Waals surface area contributed by atoms with E-state index in [9.17, 15) is 9.59 Å². The quantitative estimate of drug-likeness (QED) is 0.611. The van der Waals surface area contributed by atoms with Crippen LogP contribution in [0, 0.1) is 0 Å². The summed E-state index contributed by atoms with van der Waals surface area (Å²) in [5.74, 6) is -1.52. The van der Waals surface area contributed by atoms with Gasteiger partial charge in [-0.25, -0.2) is 9.78 Å². The first-order valence-corrected chi connectivity index (χ1v) is 4.82. The van der Waals surface area contributed by atoms with Crippen molar-refractivity contribution in [2.45, 2.75) is 19.0 Å². The molecule has 0 bridgehead atoms. The molecule has 1 aliphatic rings. The van der Waals surface area contributed by atoms with E-state index in [0.717, 1.165) is 5.56 Å². The van der Waals surface area contributed by atoms with E-state index >= 15 is 0 Å². The van der Waals surface area contributed by atoms with Crippen LogP contribution in [0.3, 0.4) is 0 Å². The fraction of sp³-hybridized carbons (Fsp3) is 0.300. The summed E-state index contributed by atoms with van der Waals surface area (Å²) < 4.78 is 0. The second-order valence-electron chi connectivity index (χ2n) is 3.65. The second kappa shape index (κ2) is 3.90. The van der Waals surface area contributed by atoms with Gasteiger partial charge in [0.25, 0.3) is 0 Å². The highest BCUT2D eigenvalue weighted by Gasteiger charge is 2.23. The van der Waals surface area contributed by atoms with Crippen LogP contribution < -0.4 is 11.1 Å². The number of aromatic carboxylic acids is 1. The maximum atomic E-state index is 11.0. The molecule has 6 heteroatoms. The highest BCUT2D eigenvalue weighted by Crippen LogP contribution is 2.15. The van der Waals surface area contributed by atoms with Gasteiger partial charge in [0.1, 0.15) is 5.69 Å². The van der Waals surface area contributed by atoms with Gasteiger partial charge >= 0.3 is 5.97 Å². The molecule has 0 spiro atoms. The normalized spacial score (nSPS) is 18.9. The molecule has 0 radical (unpaired) electrons. The van der Waals surface area contributed by atoms with Gasteiger partial charge in [0.15, 0.2) is 0 Å². The van der Waals surface area contributed by atoms with Gasteiger partial charge in [-0.2, -0.15) is 0 Å². The standard InChI is InChI=1S/C10H11N3O3/c11-9(14)8-3-7-5(4-12-8)1-2-6(13-7)10(15)16/h1-2,8,12H,3-4H2,(H2,11,14)(H,15,16). The van der Waals surface area contributed by atoms with Crippen LogP contribution in [0.25, 0.3) is 0 Å². The van der Waals surface area contributed by atoms with Crippen LogP contribution in [0.4, 0.5) is 0 Å². The molecule has 1 aromatic heterocycles. The number of aromatic nitrogens is 1. The van der Waals surface area contributed by atoms with E-state index in [1.807, 2.05) is 0 Å². The molecule has 1 aliphatic heterocycles. The summed E-state index contributed by atoms with van der Waals surface area (Å²) in [6.45, 7) is 0.482. The lowest BCUT2D eigenvalue weighted by Gasteiger charge is -2.22. The number of hydrogen-bond donors (Lipinski definition) is 3. The maximum Gasteiger partial charge on any atom is 0.354 e. The van der Waals surface area contributed by atoms with E-state index < -0.39 is 17.9 Å². The average Bonchev–Trinajstić information content (AvgIpc) is 2.27. The van der Waals surface area contributed by atoms with Crippen LogP contribution in [-0.4, -0.2) is 28.0 Å². The molecule has 6 nitrogen and oxygen atoms in total. The third-order valence-electron chi connectivity index (χ3n) is 2.57. The van der Waals surface area contributed by atoms with E-state index in [0.29, 0.717) is 18.7 Å². The van der Waals surface area contributed by atoms with Crippen LogP contribution in [-0.2, 0) is 17.8 Å². The van der Waals surface area contributed by atoms with Crippen molar-refractivity contribution in [3.05, 3.63) is 29.1 Å². The Balaban J connectivity index is 2.32. The first kappa shape index (κ1) is 10.6. The van der Waals surface area contributed by atoms with Crippen LogP contribution in [0.2, 0.25) is 0 Å². The van der Waals surface area contributed by atoms with Crippen LogP contribution in [0.1, 0.15) is 21.7 Å². The molecule has 2 rings (SSSR count). The number of nitrogens with two attached hydrogens (primary N) is 1. The molecule has 2 heterocycles. The first-order chi connectivity index (χ1) is 7.58. The third-order valence-corrected chi connectivity index (χ3v) is 2.57. The molecule has 1 unspecified atom stereocenters. The number of carboxylic acid groups (broad SMARTS) is 1. The molecule has 84 valence electrons. The lowest BCUT2D eigenvalue weighted by molar-refractivity contribution is -0.120. The highest BCUT2D eigenvalue weighted by molar-refractivity contribution is 5.85. The fourth-order valence-electron chi connectivity index (χ4n) is 1.69. The van der Waals surface area contributed by atoms with Crippen LogP contribution in [0.15, 0.2) is 12.1 Å². The summed E-state index contributed by atoms with van der Waals surface area (Å²) in [6, 6.07) is 2.69. The molecule has 1 amide bonds. The molecular formula is C10H11N3O3. The first-order valence-electron chi connectivity index (χ1n) is 4.82. The summed E-state index contributed by atoms with van der Waals surface area (Å²) in [6.07, 6.45) is 0.339. The van der Waals surface area contributed by atoms with Crippen molar-refractivity contribution in [2.24, 2.45) is 5.73 Å². The average molecular weight is 221 g/mol. The topological polar surface area (TPSA) is 105 Å². The Labute approximate surface area is 91.5 Å². The van der Waals surface area contributed by atoms with Gasteiger partial charge < -0.3 is 16.2 Å². The molecule has 4 N–H and O–H groups in total. The van der Waals surface area contributed by atoms with Gasteiger partial charge in [-0.05, 0) is 11.6 Å². The van der Waals surface area contributed by atoms with Crippen molar-refractivity contribution in [3.8, 4) is 0 Å². The Bertz CT molecular complexity index is 459. The monoisotopic (exact) mass is 221 g/mol. The van der Waals surface area contributed by atoms with Gasteiger partial charge in [0.2, 0.25) is 5.91 Å². The minimum atomic E-state index is -1.07. The number of hydrogen-bond acceptors (Lipinski definition) is 4. The van der Waals surface area contributed by atoms with Gasteiger partial charge in [-0.1, -0.05) is 6.07 Å². The van der Waals surface area contributed by atoms with E-state index in [2.05, 4.69) is 10.3 Å². The number of primary amides is 1. The Morgan fingerprint density at radius 3 is 2.88 bits per heavy atom. The molecule has 0 saturated heterocycles. The number of amides is 1. The summed E-state index contributed by atoms with van der Waals surface area (Å²) in [7, 11) is 0. The zero-order chi connectivity index (χ0) is 11.7. The van der Waals surface area contributed by atoms with Gasteiger partial charge in [0, 0.05) is 18.7 Å². The summed E-state index contributed by atoms with van der Waals surface area (Å²) >= 11 is 0. The minimum absolute atomic E-state index is 0.0103. The maximum absolute atomic E-state index is 11.0. The van der Waals surface area contributed by atoms with Crippen molar-refractivity contribution < 1.29 is 14.7 Å². The number of carboxylic acids is 1. The molecule has 1 aromatic rings. The number of rotatable bonds is 2. The van der Waals surface area contributed by atoms with Gasteiger partial charge in [0.05, 0.1) is 6.04 Å². The molecule has 0 fully saturated rings. The van der Waals surface area contributed by atoms with E-state index in [1.165, 1.54) is 6.07 Å². The number of carbonyl (C=O) groups is 2. The summed E-state index contributed by atoms with van der Waals surface area (Å²) in [5, 5.41) is 11.8. The minimum Gasteiger partial charge on any atom is -0.477 e. The van der Waals surface area contributed by atoms with Crippen molar-refractivity contribution in [2.75, 3.05) is 0 Å². The van der Waals surface area contributed by atoms with E-state index in [1.54, 1.807) is 6.07 Å². The van der Waals surface area contributed by atoms with E-state index in [-0.39, 0.29) is 5.69 Å².